The van der Waals surface area contributed by atoms with Crippen molar-refractivity contribution < 1.29 is 9.90 Å². The number of nitrogens with zero attached hydrogens (tertiary/aromatic N) is 2. The van der Waals surface area contributed by atoms with Crippen molar-refractivity contribution in [2.24, 2.45) is 0 Å². The number of benzene rings is 1. The summed E-state index contributed by atoms with van der Waals surface area (Å²) in [6, 6.07) is 5.04. The number of carbonyl (C=O) groups is 1. The largest absolute Gasteiger partial charge is 0.506 e. The number of likely N-dealkylation sites (N-methyl/N-ethyl adjacent to an activating group) is 1. The molecule has 1 heterocycles. The van der Waals surface area contributed by atoms with Crippen LogP contribution in [0.3, 0.4) is 0 Å². The number of hydrogen-bond acceptors (Lipinski definition) is 3. The van der Waals surface area contributed by atoms with E-state index in [-0.39, 0.29) is 17.7 Å². The van der Waals surface area contributed by atoms with Crippen molar-refractivity contribution in [3.63, 3.8) is 0 Å². The van der Waals surface area contributed by atoms with Crippen LogP contribution in [0.15, 0.2) is 18.2 Å². The summed E-state index contributed by atoms with van der Waals surface area (Å²) in [5, 5.41) is 9.94. The van der Waals surface area contributed by atoms with Crippen LogP contribution < -0.4 is 0 Å². The van der Waals surface area contributed by atoms with Crippen molar-refractivity contribution in [2.75, 3.05) is 20.1 Å². The summed E-state index contributed by atoms with van der Waals surface area (Å²) >= 11 is 6.05. The Balaban J connectivity index is 2.14. The fraction of sp³-hybridized carbons (Fsp3) is 0.462. The maximum atomic E-state index is 11.9. The number of aromatic hydroxyl groups is 1. The minimum atomic E-state index is -0.151. The first-order valence-corrected chi connectivity index (χ1v) is 6.34. The third-order valence-electron chi connectivity index (χ3n) is 3.44. The molecule has 0 aliphatic carbocycles. The van der Waals surface area contributed by atoms with Crippen LogP contribution in [0, 0.1) is 0 Å². The van der Waals surface area contributed by atoms with Crippen LogP contribution in [-0.2, 0) is 11.3 Å². The minimum absolute atomic E-state index is 0.0854. The minimum Gasteiger partial charge on any atom is -0.506 e. The quantitative estimate of drug-likeness (QED) is 0.888. The first-order valence-electron chi connectivity index (χ1n) is 5.96. The van der Waals surface area contributed by atoms with Gasteiger partial charge in [0, 0.05) is 26.7 Å². The SMILES string of the molecule is CC1C(=O)N(C)CCN1Cc1cccc(O)c1Cl. The Labute approximate surface area is 112 Å². The Morgan fingerprint density at radius 1 is 1.44 bits per heavy atom. The van der Waals surface area contributed by atoms with Gasteiger partial charge in [-0.15, -0.1) is 0 Å². The monoisotopic (exact) mass is 268 g/mol. The number of halogens is 1. The average molecular weight is 269 g/mol. The Morgan fingerprint density at radius 2 is 2.17 bits per heavy atom. The van der Waals surface area contributed by atoms with Gasteiger partial charge in [0.15, 0.2) is 0 Å². The summed E-state index contributed by atoms with van der Waals surface area (Å²) in [6.07, 6.45) is 0. The molecule has 18 heavy (non-hydrogen) atoms. The van der Waals surface area contributed by atoms with Gasteiger partial charge < -0.3 is 10.0 Å². The zero-order chi connectivity index (χ0) is 13.3. The maximum Gasteiger partial charge on any atom is 0.239 e. The fourth-order valence-corrected chi connectivity index (χ4v) is 2.37. The second-order valence-electron chi connectivity index (χ2n) is 4.66. The molecule has 1 unspecified atom stereocenters. The normalized spacial score (nSPS) is 21.4. The van der Waals surface area contributed by atoms with Gasteiger partial charge in [0.2, 0.25) is 5.91 Å². The summed E-state index contributed by atoms with van der Waals surface area (Å²) in [7, 11) is 1.82. The van der Waals surface area contributed by atoms with Crippen molar-refractivity contribution >= 4 is 17.5 Å². The molecular weight excluding hydrogens is 252 g/mol. The van der Waals surface area contributed by atoms with E-state index < -0.39 is 0 Å². The van der Waals surface area contributed by atoms with Crippen molar-refractivity contribution in [3.8, 4) is 5.75 Å². The molecule has 0 radical (unpaired) electrons. The smallest absolute Gasteiger partial charge is 0.239 e. The number of piperazine rings is 1. The Morgan fingerprint density at radius 3 is 2.89 bits per heavy atom. The van der Waals surface area contributed by atoms with Gasteiger partial charge in [0.25, 0.3) is 0 Å². The molecule has 1 amide bonds. The van der Waals surface area contributed by atoms with E-state index in [0.717, 1.165) is 18.7 Å². The molecule has 1 fully saturated rings. The topological polar surface area (TPSA) is 43.8 Å². The van der Waals surface area contributed by atoms with Gasteiger partial charge in [-0.05, 0) is 18.6 Å². The van der Waals surface area contributed by atoms with E-state index in [9.17, 15) is 9.90 Å². The van der Waals surface area contributed by atoms with Gasteiger partial charge in [0.1, 0.15) is 5.75 Å². The summed E-state index contributed by atoms with van der Waals surface area (Å²) < 4.78 is 0. The highest BCUT2D eigenvalue weighted by Crippen LogP contribution is 2.28. The van der Waals surface area contributed by atoms with Crippen LogP contribution in [0.5, 0.6) is 5.75 Å². The second kappa shape index (κ2) is 5.16. The second-order valence-corrected chi connectivity index (χ2v) is 5.03. The molecule has 1 N–H and O–H groups in total. The molecule has 4 nitrogen and oxygen atoms in total. The molecule has 1 aliphatic rings. The van der Waals surface area contributed by atoms with Crippen molar-refractivity contribution in [2.45, 2.75) is 19.5 Å². The molecule has 98 valence electrons. The average Bonchev–Trinajstić information content (AvgIpc) is 2.35. The van der Waals surface area contributed by atoms with E-state index in [4.69, 9.17) is 11.6 Å². The summed E-state index contributed by atoms with van der Waals surface area (Å²) in [5.41, 5.74) is 0.848. The third-order valence-corrected chi connectivity index (χ3v) is 3.87. The lowest BCUT2D eigenvalue weighted by Gasteiger charge is -2.37. The van der Waals surface area contributed by atoms with Crippen molar-refractivity contribution in [1.82, 2.24) is 9.80 Å². The van der Waals surface area contributed by atoms with Crippen molar-refractivity contribution in [3.05, 3.63) is 28.8 Å². The van der Waals surface area contributed by atoms with Gasteiger partial charge >= 0.3 is 0 Å². The number of carbonyl (C=O) groups excluding carboxylic acids is 1. The van der Waals surface area contributed by atoms with Crippen LogP contribution in [0.4, 0.5) is 0 Å². The molecule has 2 rings (SSSR count). The molecule has 5 heteroatoms. The molecular formula is C13H17ClN2O2. The number of amides is 1. The molecule has 1 aliphatic heterocycles. The van der Waals surface area contributed by atoms with Gasteiger partial charge in [0.05, 0.1) is 11.1 Å². The zero-order valence-corrected chi connectivity index (χ0v) is 11.3. The number of phenolic OH excluding ortho intramolecular Hbond substituents is 1. The lowest BCUT2D eigenvalue weighted by molar-refractivity contribution is -0.139. The fourth-order valence-electron chi connectivity index (χ4n) is 2.18. The molecule has 0 saturated carbocycles. The predicted octanol–water partition coefficient (Wildman–Crippen LogP) is 1.71. The highest BCUT2D eigenvalue weighted by Gasteiger charge is 2.29. The van der Waals surface area contributed by atoms with Crippen LogP contribution in [-0.4, -0.2) is 47.0 Å². The van der Waals surface area contributed by atoms with Crippen LogP contribution >= 0.6 is 11.6 Å². The van der Waals surface area contributed by atoms with Crippen LogP contribution in [0.2, 0.25) is 5.02 Å². The summed E-state index contributed by atoms with van der Waals surface area (Å²) in [5.74, 6) is 0.208. The number of hydrogen-bond donors (Lipinski definition) is 1. The standard InChI is InChI=1S/C13H17ClN2O2/c1-9-13(18)15(2)6-7-16(9)8-10-4-3-5-11(17)12(10)14/h3-5,9,17H,6-8H2,1-2H3. The van der Waals surface area contributed by atoms with E-state index in [2.05, 4.69) is 4.90 Å². The van der Waals surface area contributed by atoms with E-state index in [1.165, 1.54) is 0 Å². The van der Waals surface area contributed by atoms with E-state index in [1.54, 1.807) is 17.0 Å². The first-order chi connectivity index (χ1) is 8.50. The third kappa shape index (κ3) is 2.44. The van der Waals surface area contributed by atoms with Crippen LogP contribution in [0.1, 0.15) is 12.5 Å². The molecule has 1 atom stereocenters. The molecule has 1 aromatic rings. The van der Waals surface area contributed by atoms with Gasteiger partial charge in [-0.3, -0.25) is 9.69 Å². The van der Waals surface area contributed by atoms with Crippen LogP contribution in [0.25, 0.3) is 0 Å². The van der Waals surface area contributed by atoms with E-state index >= 15 is 0 Å². The molecule has 0 aromatic heterocycles. The van der Waals surface area contributed by atoms with E-state index in [0.29, 0.717) is 11.6 Å². The molecule has 1 aromatic carbocycles. The predicted molar refractivity (Wildman–Crippen MR) is 70.6 cm³/mol. The van der Waals surface area contributed by atoms with Gasteiger partial charge in [-0.25, -0.2) is 0 Å². The summed E-state index contributed by atoms with van der Waals surface area (Å²) in [6.45, 7) is 4.01. The Bertz CT molecular complexity index is 464. The lowest BCUT2D eigenvalue weighted by Crippen LogP contribution is -2.53. The summed E-state index contributed by atoms with van der Waals surface area (Å²) in [4.78, 5) is 15.7. The molecule has 0 bridgehead atoms. The highest BCUT2D eigenvalue weighted by atomic mass is 35.5. The molecule has 1 saturated heterocycles. The zero-order valence-electron chi connectivity index (χ0n) is 10.6. The van der Waals surface area contributed by atoms with E-state index in [1.807, 2.05) is 20.0 Å². The Kier molecular flexibility index (Phi) is 3.78. The number of phenols is 1. The lowest BCUT2D eigenvalue weighted by atomic mass is 10.1. The van der Waals surface area contributed by atoms with Crippen molar-refractivity contribution in [1.29, 1.82) is 0 Å². The number of rotatable bonds is 2. The highest BCUT2D eigenvalue weighted by molar-refractivity contribution is 6.32. The maximum absolute atomic E-state index is 11.9. The first kappa shape index (κ1) is 13.2. The molecule has 0 spiro atoms. The van der Waals surface area contributed by atoms with Gasteiger partial charge in [-0.1, -0.05) is 23.7 Å². The van der Waals surface area contributed by atoms with Gasteiger partial charge in [-0.2, -0.15) is 0 Å². The Hall–Kier alpha value is -1.26.